The summed E-state index contributed by atoms with van der Waals surface area (Å²) in [6.45, 7) is 3.70. The maximum absolute atomic E-state index is 15.7. The average molecular weight is 452 g/mol. The number of rotatable bonds is 7. The van der Waals surface area contributed by atoms with Crippen LogP contribution in [0.4, 0.5) is 15.9 Å². The van der Waals surface area contributed by atoms with Gasteiger partial charge in [0.05, 0.1) is 4.92 Å². The highest BCUT2D eigenvalue weighted by Gasteiger charge is 2.36. The van der Waals surface area contributed by atoms with Gasteiger partial charge in [-0.25, -0.2) is 9.07 Å². The van der Waals surface area contributed by atoms with Crippen LogP contribution in [0.15, 0.2) is 66.9 Å². The van der Waals surface area contributed by atoms with Crippen molar-refractivity contribution < 1.29 is 9.31 Å². The Hall–Kier alpha value is -3.26. The number of aryl methyl sites for hydroxylation is 1. The zero-order valence-corrected chi connectivity index (χ0v) is 19.0. The molecule has 3 aromatic rings. The lowest BCUT2D eigenvalue weighted by Gasteiger charge is -2.38. The molecule has 0 amide bonds. The molecule has 1 saturated heterocycles. The molecule has 8 heteroatoms. The Balaban J connectivity index is 1.61. The van der Waals surface area contributed by atoms with E-state index in [1.807, 2.05) is 41.3 Å². The largest absolute Gasteiger partial charge is 0.351 e. The van der Waals surface area contributed by atoms with Gasteiger partial charge in [-0.2, -0.15) is 5.10 Å². The fraction of sp³-hybridized carbons (Fsp3) is 0.400. The fourth-order valence-corrected chi connectivity index (χ4v) is 4.81. The number of hydrogen-bond acceptors (Lipinski definition) is 5. The van der Waals surface area contributed by atoms with Gasteiger partial charge in [0.2, 0.25) is 5.82 Å². The lowest BCUT2D eigenvalue weighted by molar-refractivity contribution is -0.384. The number of halogens is 1. The van der Waals surface area contributed by atoms with Crippen molar-refractivity contribution in [2.45, 2.75) is 44.6 Å². The quantitative estimate of drug-likeness (QED) is 0.378. The van der Waals surface area contributed by atoms with Gasteiger partial charge in [0.25, 0.3) is 0 Å². The molecule has 0 unspecified atom stereocenters. The van der Waals surface area contributed by atoms with E-state index in [0.717, 1.165) is 11.1 Å². The Morgan fingerprint density at radius 1 is 1.12 bits per heavy atom. The first-order valence-electron chi connectivity index (χ1n) is 11.4. The van der Waals surface area contributed by atoms with E-state index < -0.39 is 11.1 Å². The third-order valence-electron chi connectivity index (χ3n) is 6.59. The number of anilines is 1. The molecule has 2 aromatic carbocycles. The Morgan fingerprint density at radius 2 is 1.76 bits per heavy atom. The lowest BCUT2D eigenvalue weighted by atomic mass is 9.98. The van der Waals surface area contributed by atoms with Crippen molar-refractivity contribution in [2.75, 3.05) is 18.0 Å². The van der Waals surface area contributed by atoms with Crippen molar-refractivity contribution in [1.82, 2.24) is 14.7 Å². The molecule has 1 fully saturated rings. The van der Waals surface area contributed by atoms with E-state index in [9.17, 15) is 10.1 Å². The van der Waals surface area contributed by atoms with Crippen molar-refractivity contribution >= 4 is 11.5 Å². The van der Waals surface area contributed by atoms with Crippen molar-refractivity contribution in [3.8, 4) is 0 Å². The van der Waals surface area contributed by atoms with Crippen molar-refractivity contribution in [1.29, 1.82) is 0 Å². The van der Waals surface area contributed by atoms with Crippen LogP contribution in [0.2, 0.25) is 0 Å². The van der Waals surface area contributed by atoms with Gasteiger partial charge in [0.1, 0.15) is 12.4 Å². The summed E-state index contributed by atoms with van der Waals surface area (Å²) in [5.74, 6) is 0.443. The van der Waals surface area contributed by atoms with E-state index >= 15 is 4.39 Å². The van der Waals surface area contributed by atoms with Crippen LogP contribution in [0.25, 0.3) is 0 Å². The summed E-state index contributed by atoms with van der Waals surface area (Å²) in [5, 5.41) is 15.6. The van der Waals surface area contributed by atoms with Crippen LogP contribution < -0.4 is 4.90 Å². The molecular formula is C25H30FN5O2. The molecule has 1 aromatic heterocycles. The summed E-state index contributed by atoms with van der Waals surface area (Å²) in [5.41, 5.74) is 2.24. The van der Waals surface area contributed by atoms with Gasteiger partial charge in [-0.3, -0.25) is 15.0 Å². The minimum atomic E-state index is -1.04. The summed E-state index contributed by atoms with van der Waals surface area (Å²) < 4.78 is 17.2. The Morgan fingerprint density at radius 3 is 2.42 bits per heavy atom. The van der Waals surface area contributed by atoms with Gasteiger partial charge in [-0.05, 0) is 30.9 Å². The minimum absolute atomic E-state index is 0.0206. The van der Waals surface area contributed by atoms with Crippen LogP contribution in [0, 0.1) is 10.1 Å². The van der Waals surface area contributed by atoms with Crippen LogP contribution in [-0.4, -0.2) is 44.9 Å². The fourth-order valence-electron chi connectivity index (χ4n) is 4.81. The molecule has 7 nitrogen and oxygen atoms in total. The van der Waals surface area contributed by atoms with Gasteiger partial charge in [-0.1, -0.05) is 60.7 Å². The van der Waals surface area contributed by atoms with Gasteiger partial charge in [-0.15, -0.1) is 0 Å². The summed E-state index contributed by atoms with van der Waals surface area (Å²) in [6, 6.07) is 20.0. The van der Waals surface area contributed by atoms with E-state index in [4.69, 9.17) is 0 Å². The number of benzene rings is 2. The highest BCUT2D eigenvalue weighted by Crippen LogP contribution is 2.34. The first-order chi connectivity index (χ1) is 16.0. The van der Waals surface area contributed by atoms with Crippen LogP contribution in [0.1, 0.15) is 36.9 Å². The van der Waals surface area contributed by atoms with E-state index in [1.165, 1.54) is 10.9 Å². The molecule has 1 aliphatic heterocycles. The predicted octanol–water partition coefficient (Wildman–Crippen LogP) is 4.90. The Kier molecular flexibility index (Phi) is 7.03. The molecule has 0 radical (unpaired) electrons. The molecule has 0 bridgehead atoms. The average Bonchev–Trinajstić information content (AvgIpc) is 3.12. The second-order valence-corrected chi connectivity index (χ2v) is 8.63. The highest BCUT2D eigenvalue weighted by atomic mass is 19.1. The second kappa shape index (κ2) is 10.1. The SMILES string of the molecule is C[C@@H](c1ccccc1)N(Cc1ccccc1)[C@@H]1CCN(c2c([N+](=O)[O-])cnn2C)CC[C@H]1F. The summed E-state index contributed by atoms with van der Waals surface area (Å²) in [7, 11) is 1.69. The molecule has 33 heavy (non-hydrogen) atoms. The third-order valence-corrected chi connectivity index (χ3v) is 6.59. The van der Waals surface area contributed by atoms with Crippen LogP contribution in [0.5, 0.6) is 0 Å². The number of hydrogen-bond donors (Lipinski definition) is 0. The molecule has 3 atom stereocenters. The van der Waals surface area contributed by atoms with Gasteiger partial charge in [0.15, 0.2) is 0 Å². The van der Waals surface area contributed by atoms with Crippen molar-refractivity contribution in [3.63, 3.8) is 0 Å². The number of nitro groups is 1. The molecule has 2 heterocycles. The lowest BCUT2D eigenvalue weighted by Crippen LogP contribution is -2.43. The molecule has 0 spiro atoms. The Labute approximate surface area is 193 Å². The van der Waals surface area contributed by atoms with Crippen LogP contribution >= 0.6 is 0 Å². The molecule has 0 saturated carbocycles. The van der Waals surface area contributed by atoms with Gasteiger partial charge < -0.3 is 4.90 Å². The first kappa shape index (κ1) is 22.9. The summed E-state index contributed by atoms with van der Waals surface area (Å²) in [4.78, 5) is 15.2. The molecule has 0 N–H and O–H groups in total. The standard InChI is InChI=1S/C25H30FN5O2/c1-19(21-11-7-4-8-12-21)30(18-20-9-5-3-6-10-20)23-14-16-29(15-13-22(23)26)25-24(31(32)33)17-27-28(25)2/h3-12,17,19,22-23H,13-16,18H2,1-2H3/t19-,22+,23+/m0/s1. The zero-order valence-electron chi connectivity index (χ0n) is 19.0. The van der Waals surface area contributed by atoms with Gasteiger partial charge >= 0.3 is 5.69 Å². The summed E-state index contributed by atoms with van der Waals surface area (Å²) >= 11 is 0. The second-order valence-electron chi connectivity index (χ2n) is 8.63. The topological polar surface area (TPSA) is 67.4 Å². The predicted molar refractivity (Wildman–Crippen MR) is 127 cm³/mol. The van der Waals surface area contributed by atoms with E-state index in [0.29, 0.717) is 38.3 Å². The normalized spacial score (nSPS) is 19.9. The molecule has 0 aliphatic carbocycles. The monoisotopic (exact) mass is 451 g/mol. The van der Waals surface area contributed by atoms with E-state index in [1.54, 1.807) is 7.05 Å². The first-order valence-corrected chi connectivity index (χ1v) is 11.4. The zero-order chi connectivity index (χ0) is 23.4. The summed E-state index contributed by atoms with van der Waals surface area (Å²) in [6.07, 6.45) is 1.09. The van der Waals surface area contributed by atoms with Crippen LogP contribution in [-0.2, 0) is 13.6 Å². The third kappa shape index (κ3) is 5.06. The number of alkyl halides is 1. The smallest absolute Gasteiger partial charge is 0.331 e. The van der Waals surface area contributed by atoms with E-state index in [2.05, 4.69) is 41.2 Å². The maximum atomic E-state index is 15.7. The molecule has 174 valence electrons. The molecule has 4 rings (SSSR count). The van der Waals surface area contributed by atoms with Crippen LogP contribution in [0.3, 0.4) is 0 Å². The molecule has 1 aliphatic rings. The van der Waals surface area contributed by atoms with E-state index in [-0.39, 0.29) is 17.8 Å². The maximum Gasteiger partial charge on any atom is 0.331 e. The number of aromatic nitrogens is 2. The van der Waals surface area contributed by atoms with Crippen molar-refractivity contribution in [2.24, 2.45) is 7.05 Å². The Bertz CT molecular complexity index is 1060. The number of nitrogens with zero attached hydrogens (tertiary/aromatic N) is 5. The minimum Gasteiger partial charge on any atom is -0.351 e. The molecular weight excluding hydrogens is 421 g/mol. The van der Waals surface area contributed by atoms with Crippen molar-refractivity contribution in [3.05, 3.63) is 88.1 Å². The van der Waals surface area contributed by atoms with Gasteiger partial charge in [0, 0.05) is 38.8 Å². The highest BCUT2D eigenvalue weighted by molar-refractivity contribution is 5.57.